The maximum atomic E-state index is 12.3. The lowest BCUT2D eigenvalue weighted by Gasteiger charge is -2.34. The molecule has 0 N–H and O–H groups in total. The summed E-state index contributed by atoms with van der Waals surface area (Å²) in [6.45, 7) is 4.33. The summed E-state index contributed by atoms with van der Waals surface area (Å²) in [5, 5.41) is 0. The van der Waals surface area contributed by atoms with Gasteiger partial charge in [0.05, 0.1) is 18.2 Å². The molecule has 1 aromatic carbocycles. The summed E-state index contributed by atoms with van der Waals surface area (Å²) in [6, 6.07) is 5.84. The van der Waals surface area contributed by atoms with E-state index in [4.69, 9.17) is 9.47 Å². The molecule has 1 aromatic rings. The molecule has 6 nitrogen and oxygen atoms in total. The Kier molecular flexibility index (Phi) is 6.90. The van der Waals surface area contributed by atoms with Gasteiger partial charge in [-0.25, -0.2) is 4.79 Å². The van der Waals surface area contributed by atoms with Crippen molar-refractivity contribution < 1.29 is 19.1 Å². The number of nitrogens with zero attached hydrogens (tertiary/aromatic N) is 2. The number of amides is 2. The fourth-order valence-electron chi connectivity index (χ4n) is 2.63. The van der Waals surface area contributed by atoms with Gasteiger partial charge in [0.25, 0.3) is 0 Å². The van der Waals surface area contributed by atoms with Gasteiger partial charge in [0.1, 0.15) is 5.75 Å². The molecule has 132 valence electrons. The van der Waals surface area contributed by atoms with Crippen LogP contribution >= 0.6 is 15.9 Å². The van der Waals surface area contributed by atoms with Crippen LogP contribution in [0.25, 0.3) is 0 Å². The van der Waals surface area contributed by atoms with Crippen molar-refractivity contribution in [3.63, 3.8) is 0 Å². The zero-order chi connectivity index (χ0) is 17.5. The van der Waals surface area contributed by atoms with Crippen molar-refractivity contribution in [1.82, 2.24) is 9.80 Å². The molecule has 0 aliphatic carbocycles. The molecule has 2 rings (SSSR count). The Bertz CT molecular complexity index is 586. The number of hydrogen-bond acceptors (Lipinski definition) is 4. The van der Waals surface area contributed by atoms with E-state index < -0.39 is 0 Å². The Balaban J connectivity index is 1.79. The van der Waals surface area contributed by atoms with Crippen molar-refractivity contribution in [2.24, 2.45) is 0 Å². The van der Waals surface area contributed by atoms with E-state index in [2.05, 4.69) is 15.9 Å². The van der Waals surface area contributed by atoms with Gasteiger partial charge in [-0.2, -0.15) is 0 Å². The molecule has 7 heteroatoms. The average molecular weight is 399 g/mol. The van der Waals surface area contributed by atoms with Crippen molar-refractivity contribution in [3.8, 4) is 5.75 Å². The molecule has 0 bridgehead atoms. The zero-order valence-electron chi connectivity index (χ0n) is 14.1. The maximum absolute atomic E-state index is 12.3. The van der Waals surface area contributed by atoms with E-state index in [0.717, 1.165) is 15.8 Å². The van der Waals surface area contributed by atoms with Gasteiger partial charge in [-0.15, -0.1) is 0 Å². The molecular weight excluding hydrogens is 376 g/mol. The molecule has 0 radical (unpaired) electrons. The minimum Gasteiger partial charge on any atom is -0.496 e. The Hall–Kier alpha value is -1.76. The van der Waals surface area contributed by atoms with Gasteiger partial charge in [-0.3, -0.25) is 4.79 Å². The minimum atomic E-state index is -0.298. The first-order valence-electron chi connectivity index (χ1n) is 8.07. The van der Waals surface area contributed by atoms with E-state index in [1.54, 1.807) is 18.9 Å². The third kappa shape index (κ3) is 4.87. The van der Waals surface area contributed by atoms with Gasteiger partial charge in [0.15, 0.2) is 0 Å². The van der Waals surface area contributed by atoms with Crippen LogP contribution in [0, 0.1) is 0 Å². The lowest BCUT2D eigenvalue weighted by molar-refractivity contribution is -0.132. The molecule has 0 saturated carbocycles. The number of rotatable bonds is 5. The van der Waals surface area contributed by atoms with E-state index in [9.17, 15) is 9.59 Å². The monoisotopic (exact) mass is 398 g/mol. The van der Waals surface area contributed by atoms with Crippen LogP contribution in [-0.2, 0) is 16.0 Å². The number of aryl methyl sites for hydroxylation is 1. The van der Waals surface area contributed by atoms with Gasteiger partial charge in [0.2, 0.25) is 5.91 Å². The SMILES string of the molecule is CCOC(=O)N1CCN(C(=O)CCc2ccc(OC)c(Br)c2)CC1. The Morgan fingerprint density at radius 1 is 1.17 bits per heavy atom. The molecule has 1 aliphatic rings. The zero-order valence-corrected chi connectivity index (χ0v) is 15.7. The molecule has 0 unspecified atom stereocenters. The van der Waals surface area contributed by atoms with Crippen molar-refractivity contribution in [1.29, 1.82) is 0 Å². The smallest absolute Gasteiger partial charge is 0.409 e. The molecule has 1 heterocycles. The second-order valence-electron chi connectivity index (χ2n) is 5.54. The van der Waals surface area contributed by atoms with Gasteiger partial charge >= 0.3 is 6.09 Å². The normalized spacial score (nSPS) is 14.5. The molecular formula is C17H23BrN2O4. The predicted octanol–water partition coefficient (Wildman–Crippen LogP) is 2.69. The third-order valence-electron chi connectivity index (χ3n) is 4.00. The molecule has 0 aromatic heterocycles. The highest BCUT2D eigenvalue weighted by Crippen LogP contribution is 2.26. The van der Waals surface area contributed by atoms with Crippen LogP contribution in [0.1, 0.15) is 18.9 Å². The van der Waals surface area contributed by atoms with Crippen molar-refractivity contribution >= 4 is 27.9 Å². The molecule has 1 saturated heterocycles. The third-order valence-corrected chi connectivity index (χ3v) is 4.62. The maximum Gasteiger partial charge on any atom is 0.409 e. The number of piperazine rings is 1. The fourth-order valence-corrected chi connectivity index (χ4v) is 3.22. The molecule has 0 atom stereocenters. The van der Waals surface area contributed by atoms with E-state index in [1.165, 1.54) is 0 Å². The van der Waals surface area contributed by atoms with Crippen LogP contribution in [0.2, 0.25) is 0 Å². The summed E-state index contributed by atoms with van der Waals surface area (Å²) in [6.07, 6.45) is 0.838. The van der Waals surface area contributed by atoms with Gasteiger partial charge in [0, 0.05) is 32.6 Å². The van der Waals surface area contributed by atoms with E-state index in [0.29, 0.717) is 45.6 Å². The highest BCUT2D eigenvalue weighted by molar-refractivity contribution is 9.10. The first-order valence-corrected chi connectivity index (χ1v) is 8.86. The number of halogens is 1. The first-order chi connectivity index (χ1) is 11.5. The van der Waals surface area contributed by atoms with Crippen LogP contribution in [0.15, 0.2) is 22.7 Å². The molecule has 24 heavy (non-hydrogen) atoms. The number of carbonyl (C=O) groups is 2. The van der Waals surface area contributed by atoms with Crippen LogP contribution in [0.3, 0.4) is 0 Å². The van der Waals surface area contributed by atoms with Crippen LogP contribution in [-0.4, -0.2) is 61.7 Å². The van der Waals surface area contributed by atoms with Gasteiger partial charge < -0.3 is 19.3 Å². The summed E-state index contributed by atoms with van der Waals surface area (Å²) in [5.74, 6) is 0.894. The largest absolute Gasteiger partial charge is 0.496 e. The first kappa shape index (κ1) is 18.6. The van der Waals surface area contributed by atoms with E-state index in [1.807, 2.05) is 23.1 Å². The Morgan fingerprint density at radius 2 is 1.83 bits per heavy atom. The van der Waals surface area contributed by atoms with Crippen LogP contribution in [0.4, 0.5) is 4.79 Å². The molecule has 0 spiro atoms. The quantitative estimate of drug-likeness (QED) is 0.764. The van der Waals surface area contributed by atoms with Gasteiger partial charge in [-0.05, 0) is 47.0 Å². The number of methoxy groups -OCH3 is 1. The minimum absolute atomic E-state index is 0.116. The predicted molar refractivity (Wildman–Crippen MR) is 94.2 cm³/mol. The van der Waals surface area contributed by atoms with Crippen LogP contribution < -0.4 is 4.74 Å². The topological polar surface area (TPSA) is 59.1 Å². The van der Waals surface area contributed by atoms with Crippen molar-refractivity contribution in [3.05, 3.63) is 28.2 Å². The van der Waals surface area contributed by atoms with Crippen molar-refractivity contribution in [2.75, 3.05) is 39.9 Å². The molecule has 1 fully saturated rings. The lowest BCUT2D eigenvalue weighted by Crippen LogP contribution is -2.50. The summed E-state index contributed by atoms with van der Waals surface area (Å²) in [4.78, 5) is 27.5. The summed E-state index contributed by atoms with van der Waals surface area (Å²) in [7, 11) is 1.62. The number of carbonyl (C=O) groups excluding carboxylic acids is 2. The highest BCUT2D eigenvalue weighted by atomic mass is 79.9. The van der Waals surface area contributed by atoms with Crippen molar-refractivity contribution in [2.45, 2.75) is 19.8 Å². The van der Waals surface area contributed by atoms with Crippen LogP contribution in [0.5, 0.6) is 5.75 Å². The fraction of sp³-hybridized carbons (Fsp3) is 0.529. The summed E-state index contributed by atoms with van der Waals surface area (Å²) < 4.78 is 11.1. The molecule has 1 aliphatic heterocycles. The summed E-state index contributed by atoms with van der Waals surface area (Å²) >= 11 is 3.45. The second kappa shape index (κ2) is 8.92. The second-order valence-corrected chi connectivity index (χ2v) is 6.39. The standard InChI is InChI=1S/C17H23BrN2O4/c1-3-24-17(22)20-10-8-19(9-11-20)16(21)7-5-13-4-6-15(23-2)14(18)12-13/h4,6,12H,3,5,7-11H2,1-2H3. The molecule has 2 amide bonds. The lowest BCUT2D eigenvalue weighted by atomic mass is 10.1. The Morgan fingerprint density at radius 3 is 2.42 bits per heavy atom. The highest BCUT2D eigenvalue weighted by Gasteiger charge is 2.24. The number of ether oxygens (including phenoxy) is 2. The van der Waals surface area contributed by atoms with E-state index >= 15 is 0 Å². The number of hydrogen-bond donors (Lipinski definition) is 0. The summed E-state index contributed by atoms with van der Waals surface area (Å²) in [5.41, 5.74) is 1.08. The van der Waals surface area contributed by atoms with Gasteiger partial charge in [-0.1, -0.05) is 6.07 Å². The van der Waals surface area contributed by atoms with E-state index in [-0.39, 0.29) is 12.0 Å². The Labute approximate surface area is 150 Å². The average Bonchev–Trinajstić information content (AvgIpc) is 2.60. The number of benzene rings is 1.